The Morgan fingerprint density at radius 3 is 2.50 bits per heavy atom. The molecule has 1 amide bonds. The van der Waals surface area contributed by atoms with Crippen LogP contribution in [0.25, 0.3) is 0 Å². The van der Waals surface area contributed by atoms with Crippen molar-refractivity contribution < 1.29 is 9.90 Å². The molecular formula is C4H7N2O2. The monoisotopic (exact) mass is 115 g/mol. The smallest absolute Gasteiger partial charge is 0.413 e. The third-order valence-corrected chi connectivity index (χ3v) is 0.682. The van der Waals surface area contributed by atoms with Gasteiger partial charge in [-0.05, 0) is 6.92 Å². The highest BCUT2D eigenvalue weighted by atomic mass is 16.4. The number of amides is 1. The van der Waals surface area contributed by atoms with E-state index in [2.05, 4.69) is 0 Å². The zero-order chi connectivity index (χ0) is 6.57. The molecule has 0 atom stereocenters. The highest BCUT2D eigenvalue weighted by Gasteiger charge is 2.03. The van der Waals surface area contributed by atoms with Crippen LogP contribution in [0.3, 0.4) is 0 Å². The zero-order valence-electron chi connectivity index (χ0n) is 4.51. The van der Waals surface area contributed by atoms with Gasteiger partial charge in [-0.2, -0.15) is 0 Å². The Labute approximate surface area is 47.2 Å². The normalized spacial score (nSPS) is 8.12. The van der Waals surface area contributed by atoms with Gasteiger partial charge in [0.1, 0.15) is 0 Å². The summed E-state index contributed by atoms with van der Waals surface area (Å²) in [5.41, 5.74) is 0. The molecule has 0 unspecified atom stereocenters. The van der Waals surface area contributed by atoms with Crippen molar-refractivity contribution in [2.45, 2.75) is 6.92 Å². The summed E-state index contributed by atoms with van der Waals surface area (Å²) in [5, 5.41) is 14.5. The molecule has 0 aliphatic carbocycles. The van der Waals surface area contributed by atoms with Crippen LogP contribution in [0.2, 0.25) is 0 Å². The lowest BCUT2D eigenvalue weighted by atomic mass is 10.7. The van der Waals surface area contributed by atoms with E-state index in [9.17, 15) is 4.79 Å². The highest BCUT2D eigenvalue weighted by Crippen LogP contribution is 1.80. The highest BCUT2D eigenvalue weighted by molar-refractivity contribution is 5.79. The van der Waals surface area contributed by atoms with Crippen molar-refractivity contribution in [3.63, 3.8) is 0 Å². The second-order valence-corrected chi connectivity index (χ2v) is 1.14. The average Bonchev–Trinajstić information content (AvgIpc) is 1.69. The molecule has 4 heteroatoms. The molecule has 8 heavy (non-hydrogen) atoms. The molecule has 0 saturated carbocycles. The van der Waals surface area contributed by atoms with E-state index < -0.39 is 6.09 Å². The van der Waals surface area contributed by atoms with Gasteiger partial charge in [-0.25, -0.2) is 4.79 Å². The standard InChI is InChI=1S/C4H7N2O2/c1-2-6(3-5)4(7)8/h5H,2H2,1H3,(H,7,8). The molecule has 0 aliphatic rings. The molecule has 1 radical (unpaired) electrons. The first-order valence-electron chi connectivity index (χ1n) is 2.15. The van der Waals surface area contributed by atoms with Crippen molar-refractivity contribution in [1.29, 1.82) is 5.41 Å². The van der Waals surface area contributed by atoms with Crippen LogP contribution in [0.15, 0.2) is 0 Å². The van der Waals surface area contributed by atoms with Gasteiger partial charge in [-0.3, -0.25) is 10.3 Å². The van der Waals surface area contributed by atoms with E-state index >= 15 is 0 Å². The van der Waals surface area contributed by atoms with E-state index in [0.717, 1.165) is 4.90 Å². The first-order valence-corrected chi connectivity index (χ1v) is 2.15. The third-order valence-electron chi connectivity index (χ3n) is 0.682. The number of hydrogen-bond acceptors (Lipinski definition) is 2. The van der Waals surface area contributed by atoms with Gasteiger partial charge in [0.15, 0.2) is 6.34 Å². The lowest BCUT2D eigenvalue weighted by Crippen LogP contribution is -2.26. The molecule has 0 aliphatic heterocycles. The molecule has 45 valence electrons. The maximum absolute atomic E-state index is 9.90. The second-order valence-electron chi connectivity index (χ2n) is 1.14. The Balaban J connectivity index is 3.69. The minimum Gasteiger partial charge on any atom is -0.465 e. The molecule has 0 fully saturated rings. The number of rotatable bonds is 2. The topological polar surface area (TPSA) is 64.4 Å². The van der Waals surface area contributed by atoms with Gasteiger partial charge in [0.05, 0.1) is 0 Å². The Morgan fingerprint density at radius 2 is 2.50 bits per heavy atom. The molecule has 0 aromatic carbocycles. The predicted octanol–water partition coefficient (Wildman–Crippen LogP) is 0.470. The number of carboxylic acid groups (broad SMARTS) is 1. The van der Waals surface area contributed by atoms with E-state index in [0.29, 0.717) is 0 Å². The summed E-state index contributed by atoms with van der Waals surface area (Å²) in [7, 11) is 0. The predicted molar refractivity (Wildman–Crippen MR) is 28.1 cm³/mol. The molecule has 0 bridgehead atoms. The summed E-state index contributed by atoms with van der Waals surface area (Å²) >= 11 is 0. The minimum absolute atomic E-state index is 0.277. The molecule has 0 heterocycles. The van der Waals surface area contributed by atoms with Crippen molar-refractivity contribution in [1.82, 2.24) is 4.90 Å². The van der Waals surface area contributed by atoms with Gasteiger partial charge >= 0.3 is 6.09 Å². The van der Waals surface area contributed by atoms with Crippen LogP contribution >= 0.6 is 0 Å². The van der Waals surface area contributed by atoms with Crippen LogP contribution in [0.1, 0.15) is 6.92 Å². The molecule has 4 nitrogen and oxygen atoms in total. The van der Waals surface area contributed by atoms with Crippen molar-refractivity contribution in [2.75, 3.05) is 6.54 Å². The van der Waals surface area contributed by atoms with Crippen LogP contribution < -0.4 is 0 Å². The van der Waals surface area contributed by atoms with Gasteiger partial charge in [-0.15, -0.1) is 0 Å². The summed E-state index contributed by atoms with van der Waals surface area (Å²) in [5.74, 6) is 0. The quantitative estimate of drug-likeness (QED) is 0.312. The van der Waals surface area contributed by atoms with Gasteiger partial charge in [0.25, 0.3) is 0 Å². The summed E-state index contributed by atoms with van der Waals surface area (Å²) in [6.45, 7) is 1.91. The van der Waals surface area contributed by atoms with Crippen LogP contribution in [0, 0.1) is 5.41 Å². The van der Waals surface area contributed by atoms with Crippen LogP contribution in [-0.2, 0) is 0 Å². The fraction of sp³-hybridized carbons (Fsp3) is 0.500. The SMILES string of the molecule is CCN([C]=N)C(=O)O. The Kier molecular flexibility index (Phi) is 2.61. The van der Waals surface area contributed by atoms with Gasteiger partial charge in [0.2, 0.25) is 0 Å². The van der Waals surface area contributed by atoms with Crippen molar-refractivity contribution >= 4 is 12.4 Å². The van der Waals surface area contributed by atoms with E-state index in [1.54, 1.807) is 13.3 Å². The number of hydrogen-bond donors (Lipinski definition) is 2. The molecular weight excluding hydrogens is 108 g/mol. The summed E-state index contributed by atoms with van der Waals surface area (Å²) in [6.07, 6.45) is 0.598. The second kappa shape index (κ2) is 3.01. The van der Waals surface area contributed by atoms with Crippen molar-refractivity contribution in [3.05, 3.63) is 0 Å². The lowest BCUT2D eigenvalue weighted by molar-refractivity contribution is 0.172. The molecule has 2 N–H and O–H groups in total. The first-order chi connectivity index (χ1) is 3.72. The van der Waals surface area contributed by atoms with E-state index in [1.807, 2.05) is 0 Å². The maximum Gasteiger partial charge on any atom is 0.413 e. The maximum atomic E-state index is 9.90. The number of nitrogens with zero attached hydrogens (tertiary/aromatic N) is 1. The van der Waals surface area contributed by atoms with E-state index in [-0.39, 0.29) is 6.54 Å². The summed E-state index contributed by atoms with van der Waals surface area (Å²) in [4.78, 5) is 10.7. The third kappa shape index (κ3) is 1.59. The molecule has 0 aromatic rings. The van der Waals surface area contributed by atoms with E-state index in [4.69, 9.17) is 10.5 Å². The Morgan fingerprint density at radius 1 is 2.00 bits per heavy atom. The molecule has 0 spiro atoms. The van der Waals surface area contributed by atoms with Crippen LogP contribution in [-0.4, -0.2) is 29.0 Å². The number of nitrogens with one attached hydrogen (secondary N) is 1. The fourth-order valence-electron chi connectivity index (χ4n) is 0.262. The van der Waals surface area contributed by atoms with E-state index in [1.165, 1.54) is 0 Å². The van der Waals surface area contributed by atoms with Gasteiger partial charge in [0, 0.05) is 6.54 Å². The Bertz CT molecular complexity index is 102. The zero-order valence-corrected chi connectivity index (χ0v) is 4.51. The summed E-state index contributed by atoms with van der Waals surface area (Å²) in [6, 6.07) is 0. The number of carbonyl (C=O) groups is 1. The van der Waals surface area contributed by atoms with Crippen LogP contribution in [0.5, 0.6) is 0 Å². The van der Waals surface area contributed by atoms with Crippen molar-refractivity contribution in [2.24, 2.45) is 0 Å². The minimum atomic E-state index is -1.14. The summed E-state index contributed by atoms with van der Waals surface area (Å²) < 4.78 is 0. The van der Waals surface area contributed by atoms with Crippen molar-refractivity contribution in [3.8, 4) is 0 Å². The molecule has 0 saturated heterocycles. The van der Waals surface area contributed by atoms with Gasteiger partial charge in [-0.1, -0.05) is 0 Å². The first kappa shape index (κ1) is 6.94. The van der Waals surface area contributed by atoms with Gasteiger partial charge < -0.3 is 5.11 Å². The largest absolute Gasteiger partial charge is 0.465 e. The van der Waals surface area contributed by atoms with Crippen LogP contribution in [0.4, 0.5) is 4.79 Å². The Hall–Kier alpha value is -1.06. The molecule has 0 aromatic heterocycles. The fourth-order valence-corrected chi connectivity index (χ4v) is 0.262. The average molecular weight is 115 g/mol. The molecule has 0 rings (SSSR count). The lowest BCUT2D eigenvalue weighted by Gasteiger charge is -2.05.